The summed E-state index contributed by atoms with van der Waals surface area (Å²) >= 11 is 0. The number of fused-ring (bicyclic) bond motifs is 1. The summed E-state index contributed by atoms with van der Waals surface area (Å²) in [5, 5.41) is 0. The number of carbonyl (C=O) groups excluding carboxylic acids is 1. The van der Waals surface area contributed by atoms with Crippen molar-refractivity contribution in [2.24, 2.45) is 22.7 Å². The molecule has 5 heteroatoms. The fourth-order valence-corrected chi connectivity index (χ4v) is 6.53. The van der Waals surface area contributed by atoms with Gasteiger partial charge in [-0.05, 0) is 103 Å². The Kier molecular flexibility index (Phi) is 7.93. The number of hydrogen-bond donors (Lipinski definition) is 0. The highest BCUT2D eigenvalue weighted by atomic mass is 16.5. The highest BCUT2D eigenvalue weighted by Gasteiger charge is 2.57. The molecular weight excluding hydrogens is 400 g/mol. The Morgan fingerprint density at radius 2 is 1.97 bits per heavy atom. The number of esters is 1. The molecule has 0 bridgehead atoms. The zero-order valence-corrected chi connectivity index (χ0v) is 21.2. The normalized spacial score (nSPS) is 30.6. The van der Waals surface area contributed by atoms with Crippen LogP contribution < -0.4 is 0 Å². The fourth-order valence-electron chi connectivity index (χ4n) is 6.53. The second kappa shape index (κ2) is 10.1. The standard InChI is InChI=1S/C27H44N2O3/c1-20-9-12-24-26(2,14-8-15-27(24,3)25(30)32-18-16-28(4)5)22(20)11-10-21-13-17-31-23(21)19-29(6)7/h13,17,22,24H,1,8-12,14-16,18-19H2,2-7H3/t22-,24+,26+,27-/m0/s1. The Morgan fingerprint density at radius 1 is 1.22 bits per heavy atom. The molecule has 0 N–H and O–H groups in total. The maximum Gasteiger partial charge on any atom is 0.312 e. The molecule has 3 rings (SSSR count). The fraction of sp³-hybridized carbons (Fsp3) is 0.741. The minimum Gasteiger partial charge on any atom is -0.468 e. The number of allylic oxidation sites excluding steroid dienone is 1. The van der Waals surface area contributed by atoms with Gasteiger partial charge in [0.25, 0.3) is 0 Å². The van der Waals surface area contributed by atoms with E-state index in [0.29, 0.717) is 18.4 Å². The van der Waals surface area contributed by atoms with Crippen molar-refractivity contribution in [3.05, 3.63) is 35.8 Å². The first-order valence-corrected chi connectivity index (χ1v) is 12.3. The molecular formula is C27H44N2O3. The molecule has 5 nitrogen and oxygen atoms in total. The van der Waals surface area contributed by atoms with Gasteiger partial charge in [0.1, 0.15) is 12.4 Å². The molecule has 2 aliphatic rings. The first kappa shape index (κ1) is 25.0. The first-order chi connectivity index (χ1) is 15.1. The minimum absolute atomic E-state index is 0.00430. The SMILES string of the molecule is C=C1CC[C@@H]2[C@](C)(CCC[C@]2(C)C(=O)OCCN(C)C)[C@H]1CCc1ccoc1CN(C)C. The van der Waals surface area contributed by atoms with Crippen LogP contribution in [-0.2, 0) is 22.5 Å². The van der Waals surface area contributed by atoms with Crippen LogP contribution in [0.5, 0.6) is 0 Å². The zero-order chi connectivity index (χ0) is 23.5. The van der Waals surface area contributed by atoms with Gasteiger partial charge in [-0.2, -0.15) is 0 Å². The van der Waals surface area contributed by atoms with Crippen LogP contribution in [0.25, 0.3) is 0 Å². The molecule has 1 heterocycles. The Bertz CT molecular complexity index is 799. The van der Waals surface area contributed by atoms with E-state index in [-0.39, 0.29) is 11.4 Å². The van der Waals surface area contributed by atoms with Crippen LogP contribution in [0.4, 0.5) is 0 Å². The molecule has 180 valence electrons. The van der Waals surface area contributed by atoms with E-state index >= 15 is 0 Å². The van der Waals surface area contributed by atoms with E-state index in [1.807, 2.05) is 20.4 Å². The number of furan rings is 1. The summed E-state index contributed by atoms with van der Waals surface area (Å²) in [6.45, 7) is 11.2. The number of carbonyl (C=O) groups is 1. The van der Waals surface area contributed by atoms with Gasteiger partial charge in [0.15, 0.2) is 0 Å². The molecule has 2 saturated carbocycles. The number of rotatable bonds is 9. The third-order valence-corrected chi connectivity index (χ3v) is 8.26. The molecule has 1 aromatic rings. The largest absolute Gasteiger partial charge is 0.468 e. The summed E-state index contributed by atoms with van der Waals surface area (Å²) in [5.41, 5.74) is 2.36. The van der Waals surface area contributed by atoms with Gasteiger partial charge in [-0.1, -0.05) is 25.5 Å². The number of hydrogen-bond acceptors (Lipinski definition) is 5. The zero-order valence-electron chi connectivity index (χ0n) is 21.2. The summed E-state index contributed by atoms with van der Waals surface area (Å²) < 4.78 is 11.6. The maximum atomic E-state index is 13.3. The summed E-state index contributed by atoms with van der Waals surface area (Å²) in [5.74, 6) is 1.84. The van der Waals surface area contributed by atoms with Crippen LogP contribution >= 0.6 is 0 Å². The molecule has 0 aliphatic heterocycles. The molecule has 0 aromatic carbocycles. The topological polar surface area (TPSA) is 45.9 Å². The van der Waals surface area contributed by atoms with Gasteiger partial charge in [-0.25, -0.2) is 0 Å². The van der Waals surface area contributed by atoms with Crippen LogP contribution in [-0.4, -0.2) is 57.1 Å². The van der Waals surface area contributed by atoms with E-state index in [0.717, 1.165) is 63.8 Å². The molecule has 0 spiro atoms. The van der Waals surface area contributed by atoms with E-state index in [2.05, 4.69) is 50.4 Å². The van der Waals surface area contributed by atoms with Crippen molar-refractivity contribution in [3.8, 4) is 0 Å². The molecule has 0 saturated heterocycles. The summed E-state index contributed by atoms with van der Waals surface area (Å²) in [7, 11) is 8.16. The first-order valence-electron chi connectivity index (χ1n) is 12.3. The van der Waals surface area contributed by atoms with Crippen molar-refractivity contribution in [1.82, 2.24) is 9.80 Å². The van der Waals surface area contributed by atoms with E-state index in [1.54, 1.807) is 0 Å². The second-order valence-corrected chi connectivity index (χ2v) is 11.2. The number of ether oxygens (including phenoxy) is 1. The minimum atomic E-state index is -0.399. The van der Waals surface area contributed by atoms with Gasteiger partial charge in [-0.3, -0.25) is 4.79 Å². The van der Waals surface area contributed by atoms with Crippen molar-refractivity contribution in [2.75, 3.05) is 41.3 Å². The predicted molar refractivity (Wildman–Crippen MR) is 129 cm³/mol. The van der Waals surface area contributed by atoms with Crippen LogP contribution in [0.3, 0.4) is 0 Å². The number of nitrogens with zero attached hydrogens (tertiary/aromatic N) is 2. The number of aryl methyl sites for hydroxylation is 1. The lowest BCUT2D eigenvalue weighted by molar-refractivity contribution is -0.171. The average Bonchev–Trinajstić information content (AvgIpc) is 3.13. The molecule has 0 radical (unpaired) electrons. The van der Waals surface area contributed by atoms with Gasteiger partial charge in [-0.15, -0.1) is 0 Å². The van der Waals surface area contributed by atoms with Crippen molar-refractivity contribution in [2.45, 2.75) is 65.3 Å². The lowest BCUT2D eigenvalue weighted by Gasteiger charge is -2.57. The van der Waals surface area contributed by atoms with Crippen LogP contribution in [0.1, 0.15) is 63.7 Å². The van der Waals surface area contributed by atoms with Crippen molar-refractivity contribution >= 4 is 5.97 Å². The van der Waals surface area contributed by atoms with Crippen LogP contribution in [0.15, 0.2) is 28.9 Å². The van der Waals surface area contributed by atoms with Gasteiger partial charge >= 0.3 is 5.97 Å². The molecule has 2 aliphatic carbocycles. The molecule has 32 heavy (non-hydrogen) atoms. The Morgan fingerprint density at radius 3 is 2.66 bits per heavy atom. The monoisotopic (exact) mass is 444 g/mol. The molecule has 0 unspecified atom stereocenters. The summed E-state index contributed by atoms with van der Waals surface area (Å²) in [6, 6.07) is 2.12. The predicted octanol–water partition coefficient (Wildman–Crippen LogP) is 5.16. The third kappa shape index (κ3) is 5.14. The quantitative estimate of drug-likeness (QED) is 0.389. The van der Waals surface area contributed by atoms with Gasteiger partial charge in [0, 0.05) is 6.54 Å². The van der Waals surface area contributed by atoms with Crippen LogP contribution in [0, 0.1) is 22.7 Å². The lowest BCUT2D eigenvalue weighted by Crippen LogP contribution is -2.54. The molecule has 1 aromatic heterocycles. The molecule has 4 atom stereocenters. The van der Waals surface area contributed by atoms with Gasteiger partial charge in [0.05, 0.1) is 18.2 Å². The Hall–Kier alpha value is -1.59. The maximum absolute atomic E-state index is 13.3. The van der Waals surface area contributed by atoms with E-state index in [4.69, 9.17) is 9.15 Å². The van der Waals surface area contributed by atoms with E-state index in [9.17, 15) is 4.79 Å². The van der Waals surface area contributed by atoms with Crippen molar-refractivity contribution in [3.63, 3.8) is 0 Å². The Labute approximate surface area is 195 Å². The molecule has 2 fully saturated rings. The summed E-state index contributed by atoms with van der Waals surface area (Å²) in [6.07, 6.45) is 9.11. The van der Waals surface area contributed by atoms with E-state index in [1.165, 1.54) is 11.1 Å². The highest BCUT2D eigenvalue weighted by Crippen LogP contribution is 2.62. The smallest absolute Gasteiger partial charge is 0.312 e. The van der Waals surface area contributed by atoms with E-state index < -0.39 is 5.41 Å². The highest BCUT2D eigenvalue weighted by molar-refractivity contribution is 5.77. The summed E-state index contributed by atoms with van der Waals surface area (Å²) in [4.78, 5) is 17.5. The van der Waals surface area contributed by atoms with Crippen LogP contribution in [0.2, 0.25) is 0 Å². The molecule has 0 amide bonds. The van der Waals surface area contributed by atoms with Crippen molar-refractivity contribution < 1.29 is 13.9 Å². The number of likely N-dealkylation sites (N-methyl/N-ethyl adjacent to an activating group) is 1. The lowest BCUT2D eigenvalue weighted by atomic mass is 9.46. The third-order valence-electron chi connectivity index (χ3n) is 8.26. The average molecular weight is 445 g/mol. The van der Waals surface area contributed by atoms with Gasteiger partial charge in [0.2, 0.25) is 0 Å². The van der Waals surface area contributed by atoms with Gasteiger partial charge < -0.3 is 19.0 Å². The van der Waals surface area contributed by atoms with Crippen molar-refractivity contribution in [1.29, 1.82) is 0 Å². The Balaban J connectivity index is 1.75. The second-order valence-electron chi connectivity index (χ2n) is 11.2.